The summed E-state index contributed by atoms with van der Waals surface area (Å²) in [4.78, 5) is 13.3. The smallest absolute Gasteiger partial charge is 0.139 e. The summed E-state index contributed by atoms with van der Waals surface area (Å²) in [5, 5.41) is 4.91. The predicted octanol–water partition coefficient (Wildman–Crippen LogP) is 7.34. The van der Waals surface area contributed by atoms with Crippen LogP contribution in [-0.4, -0.2) is 20.0 Å². The molecule has 0 N–H and O–H groups in total. The minimum absolute atomic E-state index is 0.349. The molecule has 194 valence electrons. The molecule has 0 heterocycles. The van der Waals surface area contributed by atoms with Gasteiger partial charge in [0.15, 0.2) is 0 Å². The molecule has 10 rings (SSSR count). The first-order valence-corrected chi connectivity index (χ1v) is 15.1. The molecule has 0 aromatic heterocycles. The molecule has 12 atom stereocenters. The average molecular weight is 505 g/mol. The Balaban J connectivity index is 1.20. The van der Waals surface area contributed by atoms with Gasteiger partial charge >= 0.3 is 0 Å². The minimum Gasteiger partial charge on any atom is -0.496 e. The van der Waals surface area contributed by atoms with E-state index in [0.717, 1.165) is 23.3 Å². The van der Waals surface area contributed by atoms with Crippen molar-refractivity contribution in [1.82, 2.24) is 0 Å². The predicted molar refractivity (Wildman–Crippen MR) is 148 cm³/mol. The van der Waals surface area contributed by atoms with Crippen molar-refractivity contribution in [3.63, 3.8) is 0 Å². The SMILES string of the molecule is COc1c2c(c(OC)c3cc4ccccc4cc13)[C@@H]1C[C@H]2[C@@H]2[C@H]1[C@@]1(C)[C@@H]3C[C@@H]([C@@H]4[C@H]3[C@@H]3CC[C@H]4C3=O)[C@@]21C. The Hall–Kier alpha value is -2.55. The van der Waals surface area contributed by atoms with E-state index in [2.05, 4.69) is 50.2 Å². The summed E-state index contributed by atoms with van der Waals surface area (Å²) in [6.45, 7) is 5.34. The molecular weight excluding hydrogens is 468 g/mol. The van der Waals surface area contributed by atoms with E-state index in [1.165, 1.54) is 58.4 Å². The molecule has 0 amide bonds. The van der Waals surface area contributed by atoms with E-state index in [9.17, 15) is 4.79 Å². The number of fused-ring (bicyclic) bond motifs is 24. The van der Waals surface area contributed by atoms with Crippen LogP contribution in [0.2, 0.25) is 0 Å². The second-order valence-electron chi connectivity index (χ2n) is 14.5. The summed E-state index contributed by atoms with van der Waals surface area (Å²) in [5.41, 5.74) is 3.62. The van der Waals surface area contributed by atoms with Crippen molar-refractivity contribution in [2.24, 2.45) is 58.2 Å². The summed E-state index contributed by atoms with van der Waals surface area (Å²) in [7, 11) is 3.74. The van der Waals surface area contributed by atoms with Crippen LogP contribution in [0.5, 0.6) is 11.5 Å². The van der Waals surface area contributed by atoms with Gasteiger partial charge < -0.3 is 9.47 Å². The van der Waals surface area contributed by atoms with Crippen molar-refractivity contribution in [3.05, 3.63) is 47.5 Å². The normalized spacial score (nSPS) is 47.8. The lowest BCUT2D eigenvalue weighted by Gasteiger charge is -2.73. The molecule has 0 spiro atoms. The van der Waals surface area contributed by atoms with Gasteiger partial charge in [-0.3, -0.25) is 4.79 Å². The van der Waals surface area contributed by atoms with Crippen molar-refractivity contribution in [3.8, 4) is 11.5 Å². The highest BCUT2D eigenvalue weighted by atomic mass is 16.5. The lowest BCUT2D eigenvalue weighted by atomic mass is 9.30. The minimum atomic E-state index is 0.349. The Morgan fingerprint density at radius 3 is 1.63 bits per heavy atom. The zero-order chi connectivity index (χ0) is 25.5. The van der Waals surface area contributed by atoms with E-state index in [0.29, 0.717) is 64.0 Å². The fraction of sp³-hybridized carbons (Fsp3) is 0.571. The highest BCUT2D eigenvalue weighted by molar-refractivity contribution is 6.05. The number of ether oxygens (including phenoxy) is 2. The molecule has 3 nitrogen and oxygen atoms in total. The van der Waals surface area contributed by atoms with Gasteiger partial charge in [0.05, 0.1) is 14.2 Å². The number of carbonyl (C=O) groups excluding carboxylic acids is 1. The molecule has 3 heteroatoms. The first kappa shape index (κ1) is 21.3. The number of carbonyl (C=O) groups is 1. The van der Waals surface area contributed by atoms with Gasteiger partial charge in [0.25, 0.3) is 0 Å². The van der Waals surface area contributed by atoms with Gasteiger partial charge in [-0.15, -0.1) is 0 Å². The molecule has 0 aliphatic heterocycles. The molecule has 6 saturated carbocycles. The third-order valence-electron chi connectivity index (χ3n) is 14.5. The summed E-state index contributed by atoms with van der Waals surface area (Å²) in [6.07, 6.45) is 4.98. The maximum Gasteiger partial charge on any atom is 0.139 e. The maximum absolute atomic E-state index is 13.3. The standard InChI is InChI=1S/C35H36O3/c1-34-23-14-24(26-18-10-9-17(25(23)26)31(18)36)35(34,2)30-22-13-21(29(30)34)27-28(22)33(38-4)20-12-16-8-6-5-7-15(16)11-19(20)32(27)37-3/h5-8,11-12,17-18,21-26,29-30H,9-10,13-14H2,1-4H3/t17-,18+,21-,22+,23+,24-,25-,26+,29-,30+,34+,35-. The number of benzene rings is 3. The Morgan fingerprint density at radius 1 is 0.711 bits per heavy atom. The first-order chi connectivity index (χ1) is 18.4. The topological polar surface area (TPSA) is 35.5 Å². The van der Waals surface area contributed by atoms with Gasteiger partial charge in [0, 0.05) is 33.7 Å². The Morgan fingerprint density at radius 2 is 1.18 bits per heavy atom. The Labute approximate surface area is 224 Å². The van der Waals surface area contributed by atoms with Crippen LogP contribution in [0.4, 0.5) is 0 Å². The van der Waals surface area contributed by atoms with E-state index < -0.39 is 0 Å². The molecule has 3 aromatic carbocycles. The number of hydrogen-bond acceptors (Lipinski definition) is 3. The lowest BCUT2D eigenvalue weighted by molar-refractivity contribution is -0.249. The first-order valence-electron chi connectivity index (χ1n) is 15.1. The summed E-state index contributed by atoms with van der Waals surface area (Å²) >= 11 is 0. The molecule has 38 heavy (non-hydrogen) atoms. The zero-order valence-corrected chi connectivity index (χ0v) is 22.8. The van der Waals surface area contributed by atoms with Crippen molar-refractivity contribution >= 4 is 27.3 Å². The van der Waals surface area contributed by atoms with Gasteiger partial charge in [-0.05, 0) is 107 Å². The fourth-order valence-corrected chi connectivity index (χ4v) is 13.7. The lowest BCUT2D eigenvalue weighted by Crippen LogP contribution is -2.69. The van der Waals surface area contributed by atoms with E-state index in [4.69, 9.17) is 9.47 Å². The summed E-state index contributed by atoms with van der Waals surface area (Å²) in [6, 6.07) is 13.3. The molecule has 6 fully saturated rings. The average Bonchev–Trinajstić information content (AvgIpc) is 3.75. The highest BCUT2D eigenvalue weighted by Crippen LogP contribution is 2.92. The Bertz CT molecular complexity index is 1520. The van der Waals surface area contributed by atoms with Crippen molar-refractivity contribution in [2.75, 3.05) is 14.2 Å². The van der Waals surface area contributed by atoms with Crippen LogP contribution in [-0.2, 0) is 4.79 Å². The van der Waals surface area contributed by atoms with Gasteiger partial charge in [-0.1, -0.05) is 38.1 Å². The van der Waals surface area contributed by atoms with E-state index in [1.54, 1.807) is 0 Å². The number of rotatable bonds is 2. The van der Waals surface area contributed by atoms with Crippen LogP contribution in [0.15, 0.2) is 36.4 Å². The fourth-order valence-electron chi connectivity index (χ4n) is 13.7. The second kappa shape index (κ2) is 6.26. The van der Waals surface area contributed by atoms with Crippen LogP contribution in [0.25, 0.3) is 21.5 Å². The quantitative estimate of drug-likeness (QED) is 0.208. The number of hydrogen-bond donors (Lipinski definition) is 0. The van der Waals surface area contributed by atoms with E-state index in [-0.39, 0.29) is 0 Å². The number of methoxy groups -OCH3 is 2. The molecule has 0 unspecified atom stereocenters. The van der Waals surface area contributed by atoms with Crippen LogP contribution in [0.1, 0.15) is 62.5 Å². The molecular formula is C35H36O3. The number of Topliss-reactive ketones (excluding diaryl/α,β-unsaturated/α-hetero) is 1. The molecule has 0 saturated heterocycles. The molecule has 3 aromatic rings. The maximum atomic E-state index is 13.3. The third-order valence-corrected chi connectivity index (χ3v) is 14.5. The van der Waals surface area contributed by atoms with E-state index in [1.807, 2.05) is 14.2 Å². The van der Waals surface area contributed by atoms with Crippen molar-refractivity contribution in [1.29, 1.82) is 0 Å². The monoisotopic (exact) mass is 504 g/mol. The van der Waals surface area contributed by atoms with Crippen LogP contribution >= 0.6 is 0 Å². The van der Waals surface area contributed by atoms with Crippen LogP contribution in [0, 0.1) is 58.2 Å². The van der Waals surface area contributed by atoms with Gasteiger partial charge in [0.2, 0.25) is 0 Å². The van der Waals surface area contributed by atoms with Crippen molar-refractivity contribution in [2.45, 2.75) is 51.4 Å². The number of ketones is 1. The largest absolute Gasteiger partial charge is 0.496 e. The summed E-state index contributed by atoms with van der Waals surface area (Å²) < 4.78 is 12.7. The van der Waals surface area contributed by atoms with Gasteiger partial charge in [-0.2, -0.15) is 0 Å². The molecule has 7 aliphatic carbocycles. The second-order valence-corrected chi connectivity index (χ2v) is 14.5. The Kier molecular flexibility index (Phi) is 3.51. The summed E-state index contributed by atoms with van der Waals surface area (Å²) in [5.74, 6) is 8.99. The van der Waals surface area contributed by atoms with Gasteiger partial charge in [0.1, 0.15) is 17.3 Å². The van der Waals surface area contributed by atoms with Gasteiger partial charge in [-0.25, -0.2) is 0 Å². The van der Waals surface area contributed by atoms with E-state index >= 15 is 0 Å². The third kappa shape index (κ3) is 1.84. The van der Waals surface area contributed by atoms with Crippen LogP contribution in [0.3, 0.4) is 0 Å². The molecule has 7 aliphatic rings. The zero-order valence-electron chi connectivity index (χ0n) is 22.8. The van der Waals surface area contributed by atoms with Crippen LogP contribution < -0.4 is 9.47 Å². The van der Waals surface area contributed by atoms with Crippen molar-refractivity contribution < 1.29 is 14.3 Å². The molecule has 6 bridgehead atoms. The highest BCUT2D eigenvalue weighted by Gasteiger charge is 2.87. The molecule has 0 radical (unpaired) electrons.